The quantitative estimate of drug-likeness (QED) is 0.272. The number of halogens is 1. The molecule has 0 saturated carbocycles. The molecule has 2 aromatic heterocycles. The van der Waals surface area contributed by atoms with Gasteiger partial charge in [-0.2, -0.15) is 0 Å². The molecule has 154 valence electrons. The third kappa shape index (κ3) is 6.64. The Labute approximate surface area is 181 Å². The summed E-state index contributed by atoms with van der Waals surface area (Å²) in [7, 11) is 0. The summed E-state index contributed by atoms with van der Waals surface area (Å²) in [4.78, 5) is 0. The molecular formula is C22H35BrO2S2. The molecule has 5 heteroatoms. The normalized spacial score (nSPS) is 13.8. The lowest BCUT2D eigenvalue weighted by molar-refractivity contribution is 0.235. The lowest BCUT2D eigenvalue weighted by atomic mass is 10.0. The van der Waals surface area contributed by atoms with Crippen LogP contribution in [0.2, 0.25) is 0 Å². The number of hydrogen-bond donors (Lipinski definition) is 0. The summed E-state index contributed by atoms with van der Waals surface area (Å²) in [5.74, 6) is 3.35. The Hall–Kier alpha value is -0.260. The largest absolute Gasteiger partial charge is 0.491 e. The van der Waals surface area contributed by atoms with E-state index >= 15 is 0 Å². The predicted octanol–water partition coefficient (Wildman–Crippen LogP) is 8.92. The molecule has 0 aliphatic rings. The van der Waals surface area contributed by atoms with Crippen LogP contribution >= 0.6 is 38.6 Å². The predicted molar refractivity (Wildman–Crippen MR) is 125 cm³/mol. The van der Waals surface area contributed by atoms with E-state index in [1.54, 1.807) is 22.7 Å². The van der Waals surface area contributed by atoms with Gasteiger partial charge < -0.3 is 9.47 Å². The van der Waals surface area contributed by atoms with Gasteiger partial charge in [0.25, 0.3) is 0 Å². The summed E-state index contributed by atoms with van der Waals surface area (Å²) in [6, 6.07) is 0. The van der Waals surface area contributed by atoms with Gasteiger partial charge in [0.1, 0.15) is 9.54 Å². The monoisotopic (exact) mass is 474 g/mol. The van der Waals surface area contributed by atoms with Crippen LogP contribution in [0.4, 0.5) is 0 Å². The first-order valence-electron chi connectivity index (χ1n) is 10.6. The molecule has 27 heavy (non-hydrogen) atoms. The summed E-state index contributed by atoms with van der Waals surface area (Å²) in [5, 5.41) is 2.15. The standard InChI is InChI=1S/C22H35BrO2S2/c1-5-9-11-16(7-3)13-24-18-15-26-21-19(22(23)27-20(18)21)25-14-17(8-4)12-10-6-2/h15-17H,5-14H2,1-4H3. The second-order valence-electron chi connectivity index (χ2n) is 7.42. The average Bonchev–Trinajstić information content (AvgIpc) is 3.20. The van der Waals surface area contributed by atoms with Gasteiger partial charge in [-0.3, -0.25) is 0 Å². The number of fused-ring (bicyclic) bond motifs is 1. The van der Waals surface area contributed by atoms with Gasteiger partial charge in [-0.25, -0.2) is 0 Å². The fraction of sp³-hybridized carbons (Fsp3) is 0.727. The average molecular weight is 476 g/mol. The first kappa shape index (κ1) is 23.0. The van der Waals surface area contributed by atoms with Crippen molar-refractivity contribution < 1.29 is 9.47 Å². The fourth-order valence-corrected chi connectivity index (χ4v) is 6.30. The van der Waals surface area contributed by atoms with Gasteiger partial charge in [0.05, 0.1) is 22.6 Å². The van der Waals surface area contributed by atoms with E-state index in [9.17, 15) is 0 Å². The zero-order valence-corrected chi connectivity index (χ0v) is 20.5. The Morgan fingerprint density at radius 3 is 2.04 bits per heavy atom. The summed E-state index contributed by atoms with van der Waals surface area (Å²) < 4.78 is 16.0. The third-order valence-corrected chi connectivity index (χ3v) is 8.22. The molecule has 2 heterocycles. The first-order chi connectivity index (χ1) is 13.1. The number of thiophene rings is 2. The van der Waals surface area contributed by atoms with Crippen LogP contribution in [0.15, 0.2) is 9.17 Å². The SMILES string of the molecule is CCCCC(CC)COc1csc2c(OCC(CC)CCCC)c(Br)sc12. The van der Waals surface area contributed by atoms with Crippen LogP contribution in [0.25, 0.3) is 9.40 Å². The van der Waals surface area contributed by atoms with Crippen molar-refractivity contribution in [1.29, 1.82) is 0 Å². The Morgan fingerprint density at radius 1 is 0.889 bits per heavy atom. The minimum atomic E-state index is 0.645. The van der Waals surface area contributed by atoms with Crippen molar-refractivity contribution in [2.24, 2.45) is 11.8 Å². The molecule has 0 saturated heterocycles. The Bertz CT molecular complexity index is 665. The van der Waals surface area contributed by atoms with Gasteiger partial charge in [-0.05, 0) is 40.6 Å². The first-order valence-corrected chi connectivity index (χ1v) is 13.1. The van der Waals surface area contributed by atoms with E-state index in [0.717, 1.165) is 28.5 Å². The Kier molecular flexibility index (Phi) is 10.5. The van der Waals surface area contributed by atoms with E-state index in [4.69, 9.17) is 9.47 Å². The molecular weight excluding hydrogens is 440 g/mol. The summed E-state index contributed by atoms with van der Waals surface area (Å²) in [6.07, 6.45) is 9.98. The molecule has 0 N–H and O–H groups in total. The van der Waals surface area contributed by atoms with Gasteiger partial charge >= 0.3 is 0 Å². The molecule has 2 unspecified atom stereocenters. The molecule has 2 nitrogen and oxygen atoms in total. The molecule has 0 bridgehead atoms. The smallest absolute Gasteiger partial charge is 0.162 e. The van der Waals surface area contributed by atoms with Crippen molar-refractivity contribution in [3.05, 3.63) is 9.17 Å². The van der Waals surface area contributed by atoms with Crippen molar-refractivity contribution >= 4 is 48.0 Å². The topological polar surface area (TPSA) is 18.5 Å². The number of hydrogen-bond acceptors (Lipinski definition) is 4. The zero-order valence-electron chi connectivity index (χ0n) is 17.3. The zero-order chi connectivity index (χ0) is 19.6. The van der Waals surface area contributed by atoms with E-state index in [-0.39, 0.29) is 0 Å². The van der Waals surface area contributed by atoms with Crippen LogP contribution in [0.5, 0.6) is 11.5 Å². The highest BCUT2D eigenvalue weighted by atomic mass is 79.9. The van der Waals surface area contributed by atoms with E-state index in [2.05, 4.69) is 49.0 Å². The van der Waals surface area contributed by atoms with Gasteiger partial charge in [0.2, 0.25) is 0 Å². The van der Waals surface area contributed by atoms with Gasteiger partial charge in [-0.15, -0.1) is 22.7 Å². The molecule has 0 spiro atoms. The van der Waals surface area contributed by atoms with E-state index in [1.807, 2.05) is 0 Å². The number of unbranched alkanes of at least 4 members (excludes halogenated alkanes) is 2. The van der Waals surface area contributed by atoms with Crippen LogP contribution < -0.4 is 9.47 Å². The maximum Gasteiger partial charge on any atom is 0.162 e. The fourth-order valence-electron chi connectivity index (χ4n) is 3.24. The molecule has 2 aromatic rings. The number of ether oxygens (including phenoxy) is 2. The van der Waals surface area contributed by atoms with Crippen molar-refractivity contribution in [2.45, 2.75) is 79.1 Å². The molecule has 0 aromatic carbocycles. The second-order valence-corrected chi connectivity index (χ2v) is 10.6. The van der Waals surface area contributed by atoms with Crippen molar-refractivity contribution in [3.8, 4) is 11.5 Å². The summed E-state index contributed by atoms with van der Waals surface area (Å²) >= 11 is 7.21. The van der Waals surface area contributed by atoms with Gasteiger partial charge in [0.15, 0.2) is 5.75 Å². The minimum absolute atomic E-state index is 0.645. The van der Waals surface area contributed by atoms with Crippen LogP contribution in [0.3, 0.4) is 0 Å². The molecule has 0 aliphatic heterocycles. The van der Waals surface area contributed by atoms with Crippen LogP contribution in [-0.4, -0.2) is 13.2 Å². The number of rotatable bonds is 14. The maximum absolute atomic E-state index is 6.27. The molecule has 2 rings (SSSR count). The highest BCUT2D eigenvalue weighted by Crippen LogP contribution is 2.49. The van der Waals surface area contributed by atoms with Gasteiger partial charge in [0, 0.05) is 5.38 Å². The van der Waals surface area contributed by atoms with Crippen LogP contribution in [-0.2, 0) is 0 Å². The van der Waals surface area contributed by atoms with Crippen molar-refractivity contribution in [2.75, 3.05) is 13.2 Å². The Morgan fingerprint density at radius 2 is 1.48 bits per heavy atom. The molecule has 0 radical (unpaired) electrons. The lowest BCUT2D eigenvalue weighted by Gasteiger charge is -2.15. The van der Waals surface area contributed by atoms with Gasteiger partial charge in [-0.1, -0.05) is 66.2 Å². The van der Waals surface area contributed by atoms with Crippen LogP contribution in [0.1, 0.15) is 79.1 Å². The van der Waals surface area contributed by atoms with Crippen molar-refractivity contribution in [3.63, 3.8) is 0 Å². The van der Waals surface area contributed by atoms with E-state index in [1.165, 1.54) is 60.8 Å². The molecule has 0 fully saturated rings. The molecule has 0 aliphatic carbocycles. The minimum Gasteiger partial charge on any atom is -0.491 e. The van der Waals surface area contributed by atoms with Crippen LogP contribution in [0, 0.1) is 11.8 Å². The third-order valence-electron chi connectivity index (χ3n) is 5.31. The molecule has 2 atom stereocenters. The highest BCUT2D eigenvalue weighted by molar-refractivity contribution is 9.11. The van der Waals surface area contributed by atoms with Crippen molar-refractivity contribution in [1.82, 2.24) is 0 Å². The summed E-state index contributed by atoms with van der Waals surface area (Å²) in [6.45, 7) is 10.7. The maximum atomic E-state index is 6.27. The highest BCUT2D eigenvalue weighted by Gasteiger charge is 2.19. The Balaban J connectivity index is 2.01. The lowest BCUT2D eigenvalue weighted by Crippen LogP contribution is -2.11. The summed E-state index contributed by atoms with van der Waals surface area (Å²) in [5.41, 5.74) is 0. The second kappa shape index (κ2) is 12.3. The van der Waals surface area contributed by atoms with E-state index < -0.39 is 0 Å². The van der Waals surface area contributed by atoms with E-state index in [0.29, 0.717) is 11.8 Å². The molecule has 0 amide bonds.